The summed E-state index contributed by atoms with van der Waals surface area (Å²) in [6.45, 7) is 4.00. The number of aliphatic hydroxyl groups excluding tert-OH is 1. The van der Waals surface area contributed by atoms with Crippen LogP contribution in [0, 0.1) is 37.5 Å². The van der Waals surface area contributed by atoms with Crippen LogP contribution in [-0.2, 0) is 37.1 Å². The van der Waals surface area contributed by atoms with Crippen molar-refractivity contribution < 1.29 is 42.2 Å². The number of nitriles is 2. The largest absolute Gasteiger partial charge is 0.400 e. The average molecular weight is 400 g/mol. The summed E-state index contributed by atoms with van der Waals surface area (Å²) in [7, 11) is 1.00. The van der Waals surface area contributed by atoms with Gasteiger partial charge < -0.3 is 20.0 Å². The molecule has 130 valence electrons. The average Bonchev–Trinajstić information content (AvgIpc) is 2.60. The first-order valence-electron chi connectivity index (χ1n) is 6.22. The Morgan fingerprint density at radius 1 is 0.625 bits per heavy atom. The quantitative estimate of drug-likeness (QED) is 0.655. The van der Waals surface area contributed by atoms with E-state index in [0.29, 0.717) is 11.1 Å². The third-order valence-electron chi connectivity index (χ3n) is 1.81. The zero-order valence-electron chi connectivity index (χ0n) is 15.0. The molecular formula is C19H26N2OV2-2. The Morgan fingerprint density at radius 3 is 0.958 bits per heavy atom. The van der Waals surface area contributed by atoms with E-state index < -0.39 is 0 Å². The Hall–Kier alpha value is -1.45. The summed E-state index contributed by atoms with van der Waals surface area (Å²) in [5.74, 6) is 0. The van der Waals surface area contributed by atoms with Gasteiger partial charge in [0.1, 0.15) is 0 Å². The van der Waals surface area contributed by atoms with Crippen molar-refractivity contribution in [2.24, 2.45) is 0 Å². The van der Waals surface area contributed by atoms with Gasteiger partial charge in [0.15, 0.2) is 0 Å². The molecule has 0 unspecified atom stereocenters. The van der Waals surface area contributed by atoms with E-state index in [-0.39, 0.29) is 52.0 Å². The van der Waals surface area contributed by atoms with Crippen LogP contribution < -0.4 is 0 Å². The molecule has 2 aromatic carbocycles. The summed E-state index contributed by atoms with van der Waals surface area (Å²) in [4.78, 5) is 0. The Bertz CT molecular complexity index is 457. The molecule has 0 fully saturated rings. The number of benzene rings is 2. The third kappa shape index (κ3) is 22.8. The molecule has 2 aromatic rings. The van der Waals surface area contributed by atoms with E-state index >= 15 is 0 Å². The molecule has 2 rings (SSSR count). The maximum Gasteiger partial charge on any atom is 0.0991 e. The zero-order valence-corrected chi connectivity index (χ0v) is 17.8. The van der Waals surface area contributed by atoms with Gasteiger partial charge in [-0.05, 0) is 24.3 Å². The Kier molecular flexibility index (Phi) is 52.9. The molecule has 2 radical (unpaired) electrons. The molecule has 0 amide bonds. The van der Waals surface area contributed by atoms with Crippen LogP contribution in [-0.4, -0.2) is 12.2 Å². The smallest absolute Gasteiger partial charge is 0.0991 e. The molecule has 0 spiro atoms. The van der Waals surface area contributed by atoms with Crippen LogP contribution in [0.3, 0.4) is 0 Å². The Labute approximate surface area is 172 Å². The van der Waals surface area contributed by atoms with Crippen molar-refractivity contribution in [2.45, 2.75) is 13.8 Å². The molecule has 3 nitrogen and oxygen atoms in total. The van der Waals surface area contributed by atoms with Gasteiger partial charge >= 0.3 is 0 Å². The van der Waals surface area contributed by atoms with Gasteiger partial charge in [-0.15, -0.1) is 0 Å². The first kappa shape index (κ1) is 38.2. The minimum atomic E-state index is 0. The second kappa shape index (κ2) is 33.2. The van der Waals surface area contributed by atoms with Crippen molar-refractivity contribution in [1.29, 1.82) is 10.5 Å². The molecule has 0 aliphatic rings. The van der Waals surface area contributed by atoms with E-state index in [1.165, 1.54) is 0 Å². The molecule has 0 aliphatic heterocycles. The van der Waals surface area contributed by atoms with E-state index in [1.54, 1.807) is 24.3 Å². The number of hydrogen-bond acceptors (Lipinski definition) is 3. The van der Waals surface area contributed by atoms with Gasteiger partial charge in [-0.1, -0.05) is 50.2 Å². The van der Waals surface area contributed by atoms with Crippen LogP contribution in [0.1, 0.15) is 25.0 Å². The van der Waals surface area contributed by atoms with Crippen molar-refractivity contribution in [1.82, 2.24) is 0 Å². The molecular weight excluding hydrogens is 374 g/mol. The summed E-state index contributed by atoms with van der Waals surface area (Å²) in [5.41, 5.74) is 1.43. The SMILES string of the molecule is CC.CO.N#Cc1ccccc1.N#Cc1ccccc1.[CH3-].[CH3-].[V].[V]. The maximum absolute atomic E-state index is 8.29. The summed E-state index contributed by atoms with van der Waals surface area (Å²) in [5, 5.41) is 23.6. The van der Waals surface area contributed by atoms with Crippen LogP contribution in [0.15, 0.2) is 60.7 Å². The number of rotatable bonds is 0. The molecule has 0 aromatic heterocycles. The monoisotopic (exact) mass is 400 g/mol. The van der Waals surface area contributed by atoms with Crippen molar-refractivity contribution >= 4 is 0 Å². The van der Waals surface area contributed by atoms with E-state index in [2.05, 4.69) is 0 Å². The van der Waals surface area contributed by atoms with Crippen LogP contribution in [0.2, 0.25) is 0 Å². The predicted octanol–water partition coefficient (Wildman–Crippen LogP) is 4.65. The summed E-state index contributed by atoms with van der Waals surface area (Å²) in [6, 6.07) is 22.3. The second-order valence-corrected chi connectivity index (χ2v) is 2.96. The summed E-state index contributed by atoms with van der Waals surface area (Å²) < 4.78 is 0. The van der Waals surface area contributed by atoms with Crippen molar-refractivity contribution in [3.8, 4) is 12.1 Å². The number of nitrogens with zero attached hydrogens (tertiary/aromatic N) is 2. The molecule has 0 saturated carbocycles. The predicted molar refractivity (Wildman–Crippen MR) is 94.6 cm³/mol. The maximum atomic E-state index is 8.29. The van der Waals surface area contributed by atoms with Gasteiger partial charge in [0.2, 0.25) is 0 Å². The molecule has 0 heterocycles. The first-order valence-corrected chi connectivity index (χ1v) is 6.22. The van der Waals surface area contributed by atoms with Crippen LogP contribution in [0.25, 0.3) is 0 Å². The van der Waals surface area contributed by atoms with Gasteiger partial charge in [-0.25, -0.2) is 0 Å². The number of aliphatic hydroxyl groups is 1. The molecule has 0 bridgehead atoms. The van der Waals surface area contributed by atoms with E-state index in [1.807, 2.05) is 62.4 Å². The molecule has 24 heavy (non-hydrogen) atoms. The van der Waals surface area contributed by atoms with E-state index in [0.717, 1.165) is 7.11 Å². The van der Waals surface area contributed by atoms with Crippen molar-refractivity contribution in [3.63, 3.8) is 0 Å². The standard InChI is InChI=1S/2C7H5N.C2H6.CH4O.2CH3.2V/c2*8-6-7-4-2-1-3-5-7;2*1-2;;;;/h2*1-5H;1-2H3;2H,1H3;2*1H3;;/q;;;;2*-1;;. The molecule has 0 atom stereocenters. The van der Waals surface area contributed by atoms with Crippen LogP contribution in [0.5, 0.6) is 0 Å². The summed E-state index contributed by atoms with van der Waals surface area (Å²) >= 11 is 0. The molecule has 0 aliphatic carbocycles. The zero-order chi connectivity index (χ0) is 15.6. The van der Waals surface area contributed by atoms with Crippen molar-refractivity contribution in [2.75, 3.05) is 7.11 Å². The fourth-order valence-corrected chi connectivity index (χ4v) is 1.03. The second-order valence-electron chi connectivity index (χ2n) is 2.96. The fraction of sp³-hybridized carbons (Fsp3) is 0.158. The molecule has 0 saturated heterocycles. The van der Waals surface area contributed by atoms with Gasteiger partial charge in [-0.2, -0.15) is 10.5 Å². The summed E-state index contributed by atoms with van der Waals surface area (Å²) in [6.07, 6.45) is 0. The first-order chi connectivity index (χ1) is 9.86. The Morgan fingerprint density at radius 2 is 0.833 bits per heavy atom. The minimum absolute atomic E-state index is 0. The minimum Gasteiger partial charge on any atom is -0.400 e. The van der Waals surface area contributed by atoms with E-state index in [4.69, 9.17) is 15.6 Å². The van der Waals surface area contributed by atoms with Gasteiger partial charge in [0, 0.05) is 44.2 Å². The fourth-order valence-electron chi connectivity index (χ4n) is 1.03. The Balaban J connectivity index is -0.0000000491. The molecule has 5 heteroatoms. The van der Waals surface area contributed by atoms with Gasteiger partial charge in [-0.3, -0.25) is 0 Å². The normalized spacial score (nSPS) is 5.75. The van der Waals surface area contributed by atoms with Gasteiger partial charge in [0.05, 0.1) is 23.3 Å². The number of hydrogen-bond donors (Lipinski definition) is 1. The van der Waals surface area contributed by atoms with Crippen LogP contribution >= 0.6 is 0 Å². The third-order valence-corrected chi connectivity index (χ3v) is 1.81. The van der Waals surface area contributed by atoms with Crippen molar-refractivity contribution in [3.05, 3.63) is 86.6 Å². The van der Waals surface area contributed by atoms with Gasteiger partial charge in [0.25, 0.3) is 0 Å². The van der Waals surface area contributed by atoms with Crippen LogP contribution in [0.4, 0.5) is 0 Å². The topological polar surface area (TPSA) is 67.8 Å². The molecule has 1 N–H and O–H groups in total. The van der Waals surface area contributed by atoms with E-state index in [9.17, 15) is 0 Å².